The van der Waals surface area contributed by atoms with Crippen molar-refractivity contribution in [3.8, 4) is 5.75 Å². The minimum Gasteiger partial charge on any atom is -0.493 e. The molecule has 0 bridgehead atoms. The normalized spacial score (nSPS) is 12.5. The fraction of sp³-hybridized carbons (Fsp3) is 0.538. The first-order valence-electron chi connectivity index (χ1n) is 5.78. The fourth-order valence-electron chi connectivity index (χ4n) is 1.60. The Morgan fingerprint density at radius 1 is 1.44 bits per heavy atom. The molecule has 0 radical (unpaired) electrons. The van der Waals surface area contributed by atoms with E-state index < -0.39 is 0 Å². The molecule has 0 heterocycles. The predicted molar refractivity (Wildman–Crippen MR) is 71.6 cm³/mol. The van der Waals surface area contributed by atoms with Gasteiger partial charge >= 0.3 is 0 Å². The second kappa shape index (κ2) is 6.92. The van der Waals surface area contributed by atoms with Crippen LogP contribution >= 0.6 is 15.9 Å². The Kier molecular flexibility index (Phi) is 5.85. The summed E-state index contributed by atoms with van der Waals surface area (Å²) in [5.41, 5.74) is 6.70. The SMILES string of the molecule is CCCC(C)COc1ccc(CN)c(Br)c1. The molecule has 0 saturated carbocycles. The maximum atomic E-state index is 5.73. The summed E-state index contributed by atoms with van der Waals surface area (Å²) >= 11 is 3.49. The van der Waals surface area contributed by atoms with Crippen LogP contribution in [0.25, 0.3) is 0 Å². The Bertz CT molecular complexity index is 328. The Hall–Kier alpha value is -0.540. The fourth-order valence-corrected chi connectivity index (χ4v) is 2.12. The number of halogens is 1. The van der Waals surface area contributed by atoms with E-state index in [1.165, 1.54) is 12.8 Å². The molecule has 3 heteroatoms. The molecule has 16 heavy (non-hydrogen) atoms. The zero-order valence-electron chi connectivity index (χ0n) is 10.0. The number of ether oxygens (including phenoxy) is 1. The molecule has 0 saturated heterocycles. The van der Waals surface area contributed by atoms with Crippen molar-refractivity contribution >= 4 is 15.9 Å². The summed E-state index contributed by atoms with van der Waals surface area (Å²) in [4.78, 5) is 0. The van der Waals surface area contributed by atoms with Gasteiger partial charge in [-0.05, 0) is 30.0 Å². The van der Waals surface area contributed by atoms with Gasteiger partial charge in [0, 0.05) is 11.0 Å². The molecular weight excluding hydrogens is 266 g/mol. The molecular formula is C13H20BrNO. The highest BCUT2D eigenvalue weighted by atomic mass is 79.9. The summed E-state index contributed by atoms with van der Waals surface area (Å²) < 4.78 is 6.75. The molecule has 1 unspecified atom stereocenters. The largest absolute Gasteiger partial charge is 0.493 e. The first kappa shape index (κ1) is 13.5. The zero-order chi connectivity index (χ0) is 12.0. The summed E-state index contributed by atoms with van der Waals surface area (Å²) in [5.74, 6) is 1.52. The number of hydrogen-bond donors (Lipinski definition) is 1. The van der Waals surface area contributed by atoms with E-state index in [9.17, 15) is 0 Å². The standard InChI is InChI=1S/C13H20BrNO/c1-3-4-10(2)9-16-12-6-5-11(8-15)13(14)7-12/h5-7,10H,3-4,8-9,15H2,1-2H3. The molecule has 1 atom stereocenters. The van der Waals surface area contributed by atoms with E-state index in [1.807, 2.05) is 18.2 Å². The van der Waals surface area contributed by atoms with Crippen LogP contribution in [-0.4, -0.2) is 6.61 Å². The van der Waals surface area contributed by atoms with Crippen molar-refractivity contribution < 1.29 is 4.74 Å². The van der Waals surface area contributed by atoms with Crippen LogP contribution in [-0.2, 0) is 6.54 Å². The molecule has 1 rings (SSSR count). The highest BCUT2D eigenvalue weighted by Gasteiger charge is 2.04. The third-order valence-electron chi connectivity index (χ3n) is 2.56. The van der Waals surface area contributed by atoms with Crippen LogP contribution in [0.1, 0.15) is 32.3 Å². The van der Waals surface area contributed by atoms with Gasteiger partial charge in [0.2, 0.25) is 0 Å². The molecule has 1 aromatic carbocycles. The number of hydrogen-bond acceptors (Lipinski definition) is 2. The molecule has 0 aromatic heterocycles. The first-order valence-corrected chi connectivity index (χ1v) is 6.58. The van der Waals surface area contributed by atoms with E-state index in [0.717, 1.165) is 22.4 Å². The molecule has 0 spiro atoms. The van der Waals surface area contributed by atoms with Gasteiger partial charge in [0.1, 0.15) is 5.75 Å². The minimum atomic E-state index is 0.549. The molecule has 2 nitrogen and oxygen atoms in total. The third kappa shape index (κ3) is 4.14. The van der Waals surface area contributed by atoms with Crippen molar-refractivity contribution in [3.05, 3.63) is 28.2 Å². The van der Waals surface area contributed by atoms with Crippen LogP contribution in [0, 0.1) is 5.92 Å². The van der Waals surface area contributed by atoms with Gasteiger partial charge in [-0.1, -0.05) is 42.3 Å². The highest BCUT2D eigenvalue weighted by Crippen LogP contribution is 2.23. The van der Waals surface area contributed by atoms with Crippen LogP contribution in [0.3, 0.4) is 0 Å². The van der Waals surface area contributed by atoms with Crippen LogP contribution in [0.4, 0.5) is 0 Å². The summed E-state index contributed by atoms with van der Waals surface area (Å²) in [7, 11) is 0. The maximum absolute atomic E-state index is 5.73. The van der Waals surface area contributed by atoms with Gasteiger partial charge in [0.25, 0.3) is 0 Å². The predicted octanol–water partition coefficient (Wildman–Crippen LogP) is 3.72. The smallest absolute Gasteiger partial charge is 0.120 e. The van der Waals surface area contributed by atoms with Gasteiger partial charge in [-0.2, -0.15) is 0 Å². The minimum absolute atomic E-state index is 0.549. The van der Waals surface area contributed by atoms with Gasteiger partial charge in [-0.3, -0.25) is 0 Å². The molecule has 90 valence electrons. The molecule has 1 aromatic rings. The van der Waals surface area contributed by atoms with Crippen molar-refractivity contribution in [1.82, 2.24) is 0 Å². The topological polar surface area (TPSA) is 35.2 Å². The summed E-state index contributed by atoms with van der Waals surface area (Å²) in [6, 6.07) is 5.97. The number of nitrogens with two attached hydrogens (primary N) is 1. The van der Waals surface area contributed by atoms with Crippen molar-refractivity contribution in [2.75, 3.05) is 6.61 Å². The lowest BCUT2D eigenvalue weighted by atomic mass is 10.1. The van der Waals surface area contributed by atoms with E-state index in [2.05, 4.69) is 29.8 Å². The van der Waals surface area contributed by atoms with E-state index in [1.54, 1.807) is 0 Å². The number of rotatable bonds is 6. The van der Waals surface area contributed by atoms with Crippen LogP contribution in [0.2, 0.25) is 0 Å². The molecule has 2 N–H and O–H groups in total. The Labute approximate surface area is 106 Å². The Morgan fingerprint density at radius 3 is 2.75 bits per heavy atom. The zero-order valence-corrected chi connectivity index (χ0v) is 11.6. The van der Waals surface area contributed by atoms with Gasteiger partial charge < -0.3 is 10.5 Å². The summed E-state index contributed by atoms with van der Waals surface area (Å²) in [6.45, 7) is 5.74. The van der Waals surface area contributed by atoms with Gasteiger partial charge in [0.15, 0.2) is 0 Å². The van der Waals surface area contributed by atoms with Crippen molar-refractivity contribution in [2.24, 2.45) is 11.7 Å². The van der Waals surface area contributed by atoms with Gasteiger partial charge in [-0.25, -0.2) is 0 Å². The van der Waals surface area contributed by atoms with Crippen molar-refractivity contribution in [1.29, 1.82) is 0 Å². The summed E-state index contributed by atoms with van der Waals surface area (Å²) in [5, 5.41) is 0. The number of benzene rings is 1. The molecule has 0 aliphatic rings. The van der Waals surface area contributed by atoms with E-state index >= 15 is 0 Å². The molecule has 0 fully saturated rings. The molecule has 0 amide bonds. The van der Waals surface area contributed by atoms with E-state index in [-0.39, 0.29) is 0 Å². The van der Waals surface area contributed by atoms with Crippen LogP contribution < -0.4 is 10.5 Å². The van der Waals surface area contributed by atoms with Gasteiger partial charge in [0.05, 0.1) is 6.61 Å². The lowest BCUT2D eigenvalue weighted by Gasteiger charge is -2.13. The first-order chi connectivity index (χ1) is 7.67. The van der Waals surface area contributed by atoms with Crippen molar-refractivity contribution in [2.45, 2.75) is 33.2 Å². The highest BCUT2D eigenvalue weighted by molar-refractivity contribution is 9.10. The summed E-state index contributed by atoms with van der Waals surface area (Å²) in [6.07, 6.45) is 2.42. The van der Waals surface area contributed by atoms with Crippen LogP contribution in [0.5, 0.6) is 5.75 Å². The maximum Gasteiger partial charge on any atom is 0.120 e. The van der Waals surface area contributed by atoms with E-state index in [4.69, 9.17) is 10.5 Å². The Balaban J connectivity index is 2.51. The average Bonchev–Trinajstić information content (AvgIpc) is 2.27. The second-order valence-corrected chi connectivity index (χ2v) is 5.02. The quantitative estimate of drug-likeness (QED) is 0.865. The lowest BCUT2D eigenvalue weighted by molar-refractivity contribution is 0.251. The van der Waals surface area contributed by atoms with Crippen molar-refractivity contribution in [3.63, 3.8) is 0 Å². The molecule has 0 aliphatic heterocycles. The van der Waals surface area contributed by atoms with Crippen LogP contribution in [0.15, 0.2) is 22.7 Å². The monoisotopic (exact) mass is 285 g/mol. The lowest BCUT2D eigenvalue weighted by Crippen LogP contribution is -2.08. The molecule has 0 aliphatic carbocycles. The second-order valence-electron chi connectivity index (χ2n) is 4.16. The average molecular weight is 286 g/mol. The van der Waals surface area contributed by atoms with E-state index in [0.29, 0.717) is 12.5 Å². The third-order valence-corrected chi connectivity index (χ3v) is 3.30. The Morgan fingerprint density at radius 2 is 2.19 bits per heavy atom. The van der Waals surface area contributed by atoms with Gasteiger partial charge in [-0.15, -0.1) is 0 Å².